The number of carbonyl (C=O) groups excluding carboxylic acids is 2. The molecule has 0 fully saturated rings. The first-order chi connectivity index (χ1) is 15.8. The number of ether oxygens (including phenoxy) is 1. The highest BCUT2D eigenvalue weighted by Crippen LogP contribution is 2.42. The molecule has 0 aliphatic carbocycles. The third-order valence-corrected chi connectivity index (χ3v) is 5.50. The second kappa shape index (κ2) is 12.4. The Labute approximate surface area is 194 Å². The van der Waals surface area contributed by atoms with Crippen LogP contribution in [0.5, 0.6) is 0 Å². The van der Waals surface area contributed by atoms with Crippen LogP contribution in [0.3, 0.4) is 0 Å². The summed E-state index contributed by atoms with van der Waals surface area (Å²) in [7, 11) is 0. The number of terminal acetylenes is 1. The topological polar surface area (TPSA) is 111 Å². The molecule has 0 aromatic heterocycles. The second-order valence-electron chi connectivity index (χ2n) is 7.89. The average Bonchev–Trinajstić information content (AvgIpc) is 2.79. The van der Waals surface area contributed by atoms with Gasteiger partial charge in [-0.2, -0.15) is 0 Å². The molecule has 1 aromatic rings. The van der Waals surface area contributed by atoms with Gasteiger partial charge in [0.2, 0.25) is 0 Å². The molecule has 8 heteroatoms. The number of nitrogens with zero attached hydrogens (tertiary/aromatic N) is 1. The van der Waals surface area contributed by atoms with Crippen LogP contribution in [0.25, 0.3) is 0 Å². The van der Waals surface area contributed by atoms with Crippen LogP contribution < -0.4 is 10.6 Å². The lowest BCUT2D eigenvalue weighted by atomic mass is 9.79. The van der Waals surface area contributed by atoms with E-state index in [1.807, 2.05) is 0 Å². The summed E-state index contributed by atoms with van der Waals surface area (Å²) < 4.78 is 5.54. The molecule has 1 aliphatic heterocycles. The van der Waals surface area contributed by atoms with Crippen molar-refractivity contribution in [2.75, 3.05) is 13.2 Å². The van der Waals surface area contributed by atoms with Crippen molar-refractivity contribution >= 4 is 17.6 Å². The largest absolute Gasteiger partial charge is 0.462 e. The summed E-state index contributed by atoms with van der Waals surface area (Å²) in [6.07, 6.45) is 10.3. The minimum atomic E-state index is -0.974. The lowest BCUT2D eigenvalue weighted by Gasteiger charge is -2.30. The Balaban J connectivity index is 2.45. The van der Waals surface area contributed by atoms with Crippen LogP contribution in [0.1, 0.15) is 64.4 Å². The molecule has 1 heterocycles. The van der Waals surface area contributed by atoms with Gasteiger partial charge in [0, 0.05) is 28.6 Å². The normalized spacial score (nSPS) is 15.5. The monoisotopic (exact) mass is 453 g/mol. The fraction of sp³-hybridized carbons (Fsp3) is 0.440. The van der Waals surface area contributed by atoms with Crippen LogP contribution >= 0.6 is 0 Å². The van der Waals surface area contributed by atoms with Gasteiger partial charge in [-0.15, -0.1) is 6.42 Å². The SMILES string of the molecule is C#CCNC(=O)C1=C(C)NC(C)=C(C(=O)OCCCCCCC)C1c1ccccc1[N+](=O)[O-]. The van der Waals surface area contributed by atoms with Crippen LogP contribution in [-0.4, -0.2) is 30.0 Å². The van der Waals surface area contributed by atoms with E-state index in [2.05, 4.69) is 23.5 Å². The molecule has 33 heavy (non-hydrogen) atoms. The number of hydrogen-bond acceptors (Lipinski definition) is 6. The van der Waals surface area contributed by atoms with Gasteiger partial charge in [-0.3, -0.25) is 14.9 Å². The summed E-state index contributed by atoms with van der Waals surface area (Å²) in [5.74, 6) is 0.263. The average molecular weight is 454 g/mol. The van der Waals surface area contributed by atoms with Crippen molar-refractivity contribution in [3.8, 4) is 12.3 Å². The van der Waals surface area contributed by atoms with E-state index in [4.69, 9.17) is 11.2 Å². The van der Waals surface area contributed by atoms with E-state index in [1.165, 1.54) is 6.07 Å². The van der Waals surface area contributed by atoms with E-state index in [-0.39, 0.29) is 35.5 Å². The molecule has 1 aliphatic rings. The van der Waals surface area contributed by atoms with Crippen LogP contribution in [0.15, 0.2) is 46.8 Å². The quantitative estimate of drug-likeness (QED) is 0.172. The second-order valence-corrected chi connectivity index (χ2v) is 7.89. The maximum absolute atomic E-state index is 13.2. The molecule has 0 radical (unpaired) electrons. The number of dihydropyridines is 1. The summed E-state index contributed by atoms with van der Waals surface area (Å²) in [6, 6.07) is 6.10. The number of para-hydroxylation sites is 1. The number of allylic oxidation sites excluding steroid dienone is 2. The minimum Gasteiger partial charge on any atom is -0.462 e. The molecule has 2 rings (SSSR count). The Bertz CT molecular complexity index is 1000. The molecule has 176 valence electrons. The van der Waals surface area contributed by atoms with Gasteiger partial charge in [-0.05, 0) is 20.3 Å². The van der Waals surface area contributed by atoms with Crippen molar-refractivity contribution < 1.29 is 19.2 Å². The molecular weight excluding hydrogens is 422 g/mol. The molecule has 0 saturated carbocycles. The number of carbonyl (C=O) groups is 2. The number of amides is 1. The fourth-order valence-electron chi connectivity index (χ4n) is 3.95. The molecule has 1 amide bonds. The van der Waals surface area contributed by atoms with Crippen molar-refractivity contribution in [3.63, 3.8) is 0 Å². The number of nitrogens with one attached hydrogen (secondary N) is 2. The molecule has 8 nitrogen and oxygen atoms in total. The predicted molar refractivity (Wildman–Crippen MR) is 126 cm³/mol. The van der Waals surface area contributed by atoms with E-state index < -0.39 is 22.7 Å². The third-order valence-electron chi connectivity index (χ3n) is 5.50. The van der Waals surface area contributed by atoms with E-state index in [1.54, 1.807) is 32.0 Å². The Kier molecular flexibility index (Phi) is 9.67. The van der Waals surface area contributed by atoms with Gasteiger partial charge in [0.05, 0.1) is 29.6 Å². The zero-order chi connectivity index (χ0) is 24.4. The number of esters is 1. The Morgan fingerprint density at radius 3 is 2.48 bits per heavy atom. The van der Waals surface area contributed by atoms with Crippen molar-refractivity contribution in [2.24, 2.45) is 0 Å². The van der Waals surface area contributed by atoms with Gasteiger partial charge in [-0.1, -0.05) is 56.7 Å². The van der Waals surface area contributed by atoms with Crippen molar-refractivity contribution in [1.82, 2.24) is 10.6 Å². The summed E-state index contributed by atoms with van der Waals surface area (Å²) >= 11 is 0. The van der Waals surface area contributed by atoms with Crippen molar-refractivity contribution in [2.45, 2.75) is 58.8 Å². The predicted octanol–water partition coefficient (Wildman–Crippen LogP) is 4.09. The highest BCUT2D eigenvalue weighted by molar-refractivity contribution is 6.02. The van der Waals surface area contributed by atoms with E-state index in [9.17, 15) is 19.7 Å². The summed E-state index contributed by atoms with van der Waals surface area (Å²) in [5.41, 5.74) is 1.40. The smallest absolute Gasteiger partial charge is 0.336 e. The summed E-state index contributed by atoms with van der Waals surface area (Å²) in [5, 5.41) is 17.4. The summed E-state index contributed by atoms with van der Waals surface area (Å²) in [6.45, 7) is 5.73. The highest BCUT2D eigenvalue weighted by atomic mass is 16.6. The van der Waals surface area contributed by atoms with Crippen LogP contribution in [0.4, 0.5) is 5.69 Å². The van der Waals surface area contributed by atoms with Gasteiger partial charge in [0.25, 0.3) is 11.6 Å². The number of unbranched alkanes of at least 4 members (excludes halogenated alkanes) is 4. The fourth-order valence-corrected chi connectivity index (χ4v) is 3.95. The lowest BCUT2D eigenvalue weighted by molar-refractivity contribution is -0.385. The molecule has 0 bridgehead atoms. The van der Waals surface area contributed by atoms with Crippen LogP contribution in [-0.2, 0) is 14.3 Å². The highest BCUT2D eigenvalue weighted by Gasteiger charge is 2.40. The molecule has 0 saturated heterocycles. The molecule has 1 unspecified atom stereocenters. The number of benzene rings is 1. The molecule has 1 aromatic carbocycles. The van der Waals surface area contributed by atoms with Gasteiger partial charge in [0.15, 0.2) is 0 Å². The van der Waals surface area contributed by atoms with Crippen molar-refractivity contribution in [1.29, 1.82) is 0 Å². The number of hydrogen-bond donors (Lipinski definition) is 2. The first-order valence-corrected chi connectivity index (χ1v) is 11.1. The first kappa shape index (κ1) is 25.7. The summed E-state index contributed by atoms with van der Waals surface area (Å²) in [4.78, 5) is 37.4. The third kappa shape index (κ3) is 6.45. The van der Waals surface area contributed by atoms with Crippen molar-refractivity contribution in [3.05, 3.63) is 62.5 Å². The first-order valence-electron chi connectivity index (χ1n) is 11.1. The number of nitro benzene ring substituents is 1. The molecule has 1 atom stereocenters. The van der Waals surface area contributed by atoms with Gasteiger partial charge < -0.3 is 15.4 Å². The maximum Gasteiger partial charge on any atom is 0.336 e. The Hall–Kier alpha value is -3.60. The Morgan fingerprint density at radius 1 is 1.15 bits per heavy atom. The molecule has 2 N–H and O–H groups in total. The van der Waals surface area contributed by atoms with Crippen LogP contribution in [0.2, 0.25) is 0 Å². The van der Waals surface area contributed by atoms with Gasteiger partial charge in [0.1, 0.15) is 0 Å². The van der Waals surface area contributed by atoms with Crippen LogP contribution in [0, 0.1) is 22.5 Å². The van der Waals surface area contributed by atoms with E-state index >= 15 is 0 Å². The zero-order valence-corrected chi connectivity index (χ0v) is 19.4. The van der Waals surface area contributed by atoms with E-state index in [0.717, 1.165) is 32.1 Å². The molecule has 0 spiro atoms. The maximum atomic E-state index is 13.2. The zero-order valence-electron chi connectivity index (χ0n) is 19.4. The number of rotatable bonds is 11. The molecular formula is C25H31N3O5. The van der Waals surface area contributed by atoms with Gasteiger partial charge in [-0.25, -0.2) is 4.79 Å². The Morgan fingerprint density at radius 2 is 1.82 bits per heavy atom. The minimum absolute atomic E-state index is 0.0144. The lowest BCUT2D eigenvalue weighted by Crippen LogP contribution is -2.37. The van der Waals surface area contributed by atoms with E-state index in [0.29, 0.717) is 11.4 Å². The standard InChI is InChI=1S/C25H31N3O5/c1-5-7-8-9-12-16-33-25(30)22-18(4)27-17(3)21(24(29)26-15-6-2)23(22)19-13-10-11-14-20(19)28(31)32/h2,10-11,13-14,23,27H,5,7-9,12,15-16H2,1,3-4H3,(H,26,29). The van der Waals surface area contributed by atoms with Gasteiger partial charge >= 0.3 is 5.97 Å². The number of nitro groups is 1.